The fourth-order valence-corrected chi connectivity index (χ4v) is 3.34. The summed E-state index contributed by atoms with van der Waals surface area (Å²) < 4.78 is 0. The van der Waals surface area contributed by atoms with E-state index in [1.165, 1.54) is 38.5 Å². The molecule has 0 aliphatic heterocycles. The zero-order chi connectivity index (χ0) is 12.1. The minimum atomic E-state index is -0.583. The number of carboxylic acid groups (broad SMARTS) is 1. The summed E-state index contributed by atoms with van der Waals surface area (Å²) in [6.45, 7) is 0.687. The van der Waals surface area contributed by atoms with Crippen molar-refractivity contribution in [1.82, 2.24) is 5.32 Å². The Labute approximate surface area is 104 Å². The Morgan fingerprint density at radius 1 is 1.06 bits per heavy atom. The van der Waals surface area contributed by atoms with Gasteiger partial charge in [-0.05, 0) is 25.7 Å². The summed E-state index contributed by atoms with van der Waals surface area (Å²) in [5.41, 5.74) is -0.463. The fourth-order valence-electron chi connectivity index (χ4n) is 3.34. The van der Waals surface area contributed by atoms with Crippen LogP contribution in [0.2, 0.25) is 0 Å². The molecule has 2 aliphatic rings. The molecule has 2 N–H and O–H groups in total. The first-order valence-corrected chi connectivity index (χ1v) is 7.20. The molecule has 2 fully saturated rings. The first kappa shape index (κ1) is 12.9. The van der Waals surface area contributed by atoms with Crippen LogP contribution in [-0.4, -0.2) is 23.7 Å². The predicted octanol–water partition coefficient (Wildman–Crippen LogP) is 2.94. The molecule has 17 heavy (non-hydrogen) atoms. The Hall–Kier alpha value is -0.570. The molecule has 0 aromatic rings. The standard InChI is InChI=1S/C14H25NO2/c16-13(17)14(9-5-2-6-10-14)11-15-12-7-3-1-4-8-12/h12,15H,1-11H2,(H,16,17). The molecular formula is C14H25NO2. The van der Waals surface area contributed by atoms with Gasteiger partial charge in [-0.25, -0.2) is 0 Å². The summed E-state index contributed by atoms with van der Waals surface area (Å²) in [5.74, 6) is -0.583. The highest BCUT2D eigenvalue weighted by molar-refractivity contribution is 5.75. The summed E-state index contributed by atoms with van der Waals surface area (Å²) >= 11 is 0. The van der Waals surface area contributed by atoms with E-state index in [0.717, 1.165) is 25.7 Å². The van der Waals surface area contributed by atoms with Crippen LogP contribution in [0.5, 0.6) is 0 Å². The van der Waals surface area contributed by atoms with E-state index in [4.69, 9.17) is 0 Å². The van der Waals surface area contributed by atoms with Gasteiger partial charge >= 0.3 is 5.97 Å². The second kappa shape index (κ2) is 5.85. The van der Waals surface area contributed by atoms with Gasteiger partial charge in [-0.3, -0.25) is 4.79 Å². The van der Waals surface area contributed by atoms with Crippen LogP contribution >= 0.6 is 0 Å². The topological polar surface area (TPSA) is 49.3 Å². The second-order valence-corrected chi connectivity index (χ2v) is 5.86. The van der Waals surface area contributed by atoms with Crippen LogP contribution < -0.4 is 5.32 Å². The molecule has 98 valence electrons. The van der Waals surface area contributed by atoms with Crippen LogP contribution in [0.25, 0.3) is 0 Å². The smallest absolute Gasteiger partial charge is 0.310 e. The maximum Gasteiger partial charge on any atom is 0.310 e. The SMILES string of the molecule is O=C(O)C1(CNC2CCCCC2)CCCCC1. The van der Waals surface area contributed by atoms with Gasteiger partial charge in [0.2, 0.25) is 0 Å². The monoisotopic (exact) mass is 239 g/mol. The average Bonchev–Trinajstić information content (AvgIpc) is 2.38. The molecule has 2 aliphatic carbocycles. The van der Waals surface area contributed by atoms with Crippen molar-refractivity contribution in [3.05, 3.63) is 0 Å². The molecule has 0 unspecified atom stereocenters. The Morgan fingerprint density at radius 3 is 2.24 bits per heavy atom. The van der Waals surface area contributed by atoms with E-state index in [-0.39, 0.29) is 0 Å². The average molecular weight is 239 g/mol. The van der Waals surface area contributed by atoms with Crippen molar-refractivity contribution in [1.29, 1.82) is 0 Å². The molecule has 3 heteroatoms. The molecule has 0 amide bonds. The second-order valence-electron chi connectivity index (χ2n) is 5.86. The van der Waals surface area contributed by atoms with Gasteiger partial charge in [-0.2, -0.15) is 0 Å². The summed E-state index contributed by atoms with van der Waals surface area (Å²) in [6.07, 6.45) is 11.5. The minimum absolute atomic E-state index is 0.463. The van der Waals surface area contributed by atoms with Gasteiger partial charge in [0.15, 0.2) is 0 Å². The van der Waals surface area contributed by atoms with Crippen molar-refractivity contribution in [3.63, 3.8) is 0 Å². The number of carbonyl (C=O) groups is 1. The molecule has 0 spiro atoms. The third kappa shape index (κ3) is 3.21. The molecule has 0 aromatic carbocycles. The molecule has 0 atom stereocenters. The normalized spacial score (nSPS) is 25.6. The van der Waals surface area contributed by atoms with Crippen LogP contribution in [0.3, 0.4) is 0 Å². The minimum Gasteiger partial charge on any atom is -0.481 e. The van der Waals surface area contributed by atoms with E-state index in [0.29, 0.717) is 12.6 Å². The van der Waals surface area contributed by atoms with Crippen LogP contribution in [0.4, 0.5) is 0 Å². The third-order valence-corrected chi connectivity index (χ3v) is 4.60. The lowest BCUT2D eigenvalue weighted by Gasteiger charge is -2.35. The van der Waals surface area contributed by atoms with Gasteiger partial charge in [0.25, 0.3) is 0 Å². The van der Waals surface area contributed by atoms with Crippen LogP contribution in [0.15, 0.2) is 0 Å². The Morgan fingerprint density at radius 2 is 1.65 bits per heavy atom. The van der Waals surface area contributed by atoms with Crippen molar-refractivity contribution in [2.75, 3.05) is 6.54 Å². The molecule has 0 saturated heterocycles. The van der Waals surface area contributed by atoms with Gasteiger partial charge in [0, 0.05) is 12.6 Å². The molecule has 2 rings (SSSR count). The van der Waals surface area contributed by atoms with Crippen LogP contribution in [0.1, 0.15) is 64.2 Å². The van der Waals surface area contributed by atoms with Crippen molar-refractivity contribution in [2.45, 2.75) is 70.3 Å². The molecule has 0 bridgehead atoms. The molecule has 0 heterocycles. The lowest BCUT2D eigenvalue weighted by atomic mass is 9.73. The number of hydrogen-bond acceptors (Lipinski definition) is 2. The lowest BCUT2D eigenvalue weighted by Crippen LogP contribution is -2.46. The number of nitrogens with one attached hydrogen (secondary N) is 1. The van der Waals surface area contributed by atoms with Gasteiger partial charge in [0.1, 0.15) is 0 Å². The first-order valence-electron chi connectivity index (χ1n) is 7.20. The summed E-state index contributed by atoms with van der Waals surface area (Å²) in [7, 11) is 0. The maximum atomic E-state index is 11.5. The van der Waals surface area contributed by atoms with Gasteiger partial charge in [-0.15, -0.1) is 0 Å². The largest absolute Gasteiger partial charge is 0.481 e. The zero-order valence-electron chi connectivity index (χ0n) is 10.7. The van der Waals surface area contributed by atoms with Gasteiger partial charge in [-0.1, -0.05) is 38.5 Å². The lowest BCUT2D eigenvalue weighted by molar-refractivity contribution is -0.150. The highest BCUT2D eigenvalue weighted by Crippen LogP contribution is 2.36. The number of rotatable bonds is 4. The van der Waals surface area contributed by atoms with Crippen molar-refractivity contribution < 1.29 is 9.90 Å². The van der Waals surface area contributed by atoms with E-state index in [1.807, 2.05) is 0 Å². The molecule has 0 radical (unpaired) electrons. The quantitative estimate of drug-likeness (QED) is 0.793. The number of aliphatic carboxylic acids is 1. The van der Waals surface area contributed by atoms with Gasteiger partial charge < -0.3 is 10.4 Å². The molecule has 2 saturated carbocycles. The Balaban J connectivity index is 1.86. The van der Waals surface area contributed by atoms with Gasteiger partial charge in [0.05, 0.1) is 5.41 Å². The fraction of sp³-hybridized carbons (Fsp3) is 0.929. The highest BCUT2D eigenvalue weighted by atomic mass is 16.4. The molecular weight excluding hydrogens is 214 g/mol. The summed E-state index contributed by atoms with van der Waals surface area (Å²) in [6, 6.07) is 0.571. The Bertz CT molecular complexity index is 253. The molecule has 0 aromatic heterocycles. The van der Waals surface area contributed by atoms with Crippen molar-refractivity contribution in [2.24, 2.45) is 5.41 Å². The van der Waals surface area contributed by atoms with Crippen LogP contribution in [-0.2, 0) is 4.79 Å². The molecule has 3 nitrogen and oxygen atoms in total. The van der Waals surface area contributed by atoms with E-state index in [1.54, 1.807) is 0 Å². The van der Waals surface area contributed by atoms with Crippen LogP contribution in [0, 0.1) is 5.41 Å². The Kier molecular flexibility index (Phi) is 4.43. The van der Waals surface area contributed by atoms with E-state index < -0.39 is 11.4 Å². The highest BCUT2D eigenvalue weighted by Gasteiger charge is 2.39. The number of carboxylic acids is 1. The third-order valence-electron chi connectivity index (χ3n) is 4.60. The van der Waals surface area contributed by atoms with E-state index in [9.17, 15) is 9.90 Å². The number of hydrogen-bond donors (Lipinski definition) is 2. The summed E-state index contributed by atoms with van der Waals surface area (Å²) in [5, 5.41) is 13.0. The first-order chi connectivity index (χ1) is 8.23. The maximum absolute atomic E-state index is 11.5. The van der Waals surface area contributed by atoms with Crippen molar-refractivity contribution in [3.8, 4) is 0 Å². The van der Waals surface area contributed by atoms with E-state index >= 15 is 0 Å². The van der Waals surface area contributed by atoms with Crippen molar-refractivity contribution >= 4 is 5.97 Å². The van der Waals surface area contributed by atoms with E-state index in [2.05, 4.69) is 5.32 Å². The summed E-state index contributed by atoms with van der Waals surface area (Å²) in [4.78, 5) is 11.5. The zero-order valence-corrected chi connectivity index (χ0v) is 10.7. The predicted molar refractivity (Wildman–Crippen MR) is 68.0 cm³/mol.